The number of aromatic nitrogens is 1. The zero-order chi connectivity index (χ0) is 14.7. The second-order valence-electron chi connectivity index (χ2n) is 6.33. The molecule has 0 unspecified atom stereocenters. The summed E-state index contributed by atoms with van der Waals surface area (Å²) in [5.41, 5.74) is 0.536. The van der Waals surface area contributed by atoms with Crippen LogP contribution >= 0.6 is 0 Å². The lowest BCUT2D eigenvalue weighted by atomic mass is 9.94. The first kappa shape index (κ1) is 14.8. The van der Waals surface area contributed by atoms with Crippen molar-refractivity contribution < 1.29 is 9.84 Å². The second-order valence-corrected chi connectivity index (χ2v) is 6.33. The van der Waals surface area contributed by atoms with Crippen molar-refractivity contribution in [2.24, 2.45) is 0 Å². The predicted octanol–water partition coefficient (Wildman–Crippen LogP) is 1.31. The van der Waals surface area contributed by atoms with Gasteiger partial charge in [0, 0.05) is 64.0 Å². The van der Waals surface area contributed by atoms with Crippen LogP contribution in [0.1, 0.15) is 31.2 Å². The Bertz CT molecular complexity index is 470. The highest BCUT2D eigenvalue weighted by atomic mass is 16.5. The van der Waals surface area contributed by atoms with Crippen LogP contribution in [0.15, 0.2) is 18.3 Å². The largest absolute Gasteiger partial charge is 0.388 e. The number of nitrogens with zero attached hydrogens (tertiary/aromatic N) is 2. The first-order valence-electron chi connectivity index (χ1n) is 7.85. The summed E-state index contributed by atoms with van der Waals surface area (Å²) in [5, 5.41) is 14.2. The maximum absolute atomic E-state index is 10.7. The first-order chi connectivity index (χ1) is 10.2. The van der Waals surface area contributed by atoms with E-state index < -0.39 is 5.60 Å². The SMILES string of the molecule is CN(CC1(O)CCOCC1)c1ncccc1CNC1CC1. The molecule has 2 heterocycles. The van der Waals surface area contributed by atoms with Crippen LogP contribution in [0.3, 0.4) is 0 Å². The number of aliphatic hydroxyl groups is 1. The minimum atomic E-state index is -0.661. The number of nitrogens with one attached hydrogen (secondary N) is 1. The van der Waals surface area contributed by atoms with Gasteiger partial charge in [0.1, 0.15) is 5.82 Å². The molecule has 0 radical (unpaired) electrons. The molecule has 1 saturated heterocycles. The summed E-state index contributed by atoms with van der Waals surface area (Å²) in [4.78, 5) is 6.60. The predicted molar refractivity (Wildman–Crippen MR) is 82.4 cm³/mol. The van der Waals surface area contributed by atoms with Crippen LogP contribution in [0.2, 0.25) is 0 Å². The molecule has 0 spiro atoms. The second kappa shape index (κ2) is 6.30. The summed E-state index contributed by atoms with van der Waals surface area (Å²) in [7, 11) is 2.01. The normalized spacial score (nSPS) is 21.2. The van der Waals surface area contributed by atoms with Gasteiger partial charge >= 0.3 is 0 Å². The van der Waals surface area contributed by atoms with Crippen molar-refractivity contribution in [3.8, 4) is 0 Å². The van der Waals surface area contributed by atoms with Crippen molar-refractivity contribution in [2.75, 3.05) is 31.7 Å². The average Bonchev–Trinajstić information content (AvgIpc) is 3.30. The van der Waals surface area contributed by atoms with Gasteiger partial charge in [-0.3, -0.25) is 0 Å². The van der Waals surface area contributed by atoms with Crippen LogP contribution in [-0.4, -0.2) is 48.5 Å². The quantitative estimate of drug-likeness (QED) is 0.827. The highest BCUT2D eigenvalue weighted by Crippen LogP contribution is 2.25. The van der Waals surface area contributed by atoms with Crippen molar-refractivity contribution in [1.29, 1.82) is 0 Å². The molecule has 0 bridgehead atoms. The fourth-order valence-electron chi connectivity index (χ4n) is 2.88. The Morgan fingerprint density at radius 1 is 1.43 bits per heavy atom. The fraction of sp³-hybridized carbons (Fsp3) is 0.688. The monoisotopic (exact) mass is 291 g/mol. The van der Waals surface area contributed by atoms with E-state index in [4.69, 9.17) is 4.74 Å². The van der Waals surface area contributed by atoms with Gasteiger partial charge in [-0.05, 0) is 18.9 Å². The molecule has 1 saturated carbocycles. The van der Waals surface area contributed by atoms with Gasteiger partial charge < -0.3 is 20.1 Å². The summed E-state index contributed by atoms with van der Waals surface area (Å²) < 4.78 is 5.34. The molecule has 2 N–H and O–H groups in total. The molecule has 5 heteroatoms. The number of hydrogen-bond acceptors (Lipinski definition) is 5. The molecule has 0 aromatic carbocycles. The average molecular weight is 291 g/mol. The van der Waals surface area contributed by atoms with Gasteiger partial charge in [-0.2, -0.15) is 0 Å². The van der Waals surface area contributed by atoms with Gasteiger partial charge in [0.2, 0.25) is 0 Å². The molecule has 1 aliphatic carbocycles. The third-order valence-corrected chi connectivity index (χ3v) is 4.34. The van der Waals surface area contributed by atoms with Crippen LogP contribution < -0.4 is 10.2 Å². The standard InChI is InChI=1S/C16H25N3O2/c1-19(12-16(20)6-9-21-10-7-16)15-13(3-2-8-17-15)11-18-14-4-5-14/h2-3,8,14,18,20H,4-7,9-12H2,1H3. The van der Waals surface area contributed by atoms with E-state index in [0.29, 0.717) is 38.6 Å². The number of likely N-dealkylation sites (N-methyl/N-ethyl adjacent to an activating group) is 1. The van der Waals surface area contributed by atoms with Crippen LogP contribution in [0.4, 0.5) is 5.82 Å². The third kappa shape index (κ3) is 3.93. The van der Waals surface area contributed by atoms with Crippen molar-refractivity contribution in [3.63, 3.8) is 0 Å². The van der Waals surface area contributed by atoms with E-state index >= 15 is 0 Å². The minimum absolute atomic E-state index is 0.601. The highest BCUT2D eigenvalue weighted by molar-refractivity contribution is 5.46. The van der Waals surface area contributed by atoms with Crippen LogP contribution in [-0.2, 0) is 11.3 Å². The van der Waals surface area contributed by atoms with Crippen molar-refractivity contribution in [2.45, 2.75) is 43.9 Å². The van der Waals surface area contributed by atoms with Gasteiger partial charge in [0.25, 0.3) is 0 Å². The van der Waals surface area contributed by atoms with Gasteiger partial charge in [-0.15, -0.1) is 0 Å². The first-order valence-corrected chi connectivity index (χ1v) is 7.85. The van der Waals surface area contributed by atoms with E-state index in [1.165, 1.54) is 18.4 Å². The van der Waals surface area contributed by atoms with Crippen LogP contribution in [0.25, 0.3) is 0 Å². The fourth-order valence-corrected chi connectivity index (χ4v) is 2.88. The molecule has 2 fully saturated rings. The molecule has 1 aromatic heterocycles. The van der Waals surface area contributed by atoms with E-state index in [1.807, 2.05) is 19.3 Å². The zero-order valence-corrected chi connectivity index (χ0v) is 12.7. The van der Waals surface area contributed by atoms with Gasteiger partial charge in [0.15, 0.2) is 0 Å². The Balaban J connectivity index is 1.66. The maximum Gasteiger partial charge on any atom is 0.132 e. The number of anilines is 1. The number of hydrogen-bond donors (Lipinski definition) is 2. The third-order valence-electron chi connectivity index (χ3n) is 4.34. The molecular weight excluding hydrogens is 266 g/mol. The molecule has 0 amide bonds. The Hall–Kier alpha value is -1.17. The lowest BCUT2D eigenvalue weighted by molar-refractivity contribution is -0.0573. The van der Waals surface area contributed by atoms with Crippen molar-refractivity contribution >= 4 is 5.82 Å². The van der Waals surface area contributed by atoms with Gasteiger partial charge in [-0.25, -0.2) is 4.98 Å². The lowest BCUT2D eigenvalue weighted by Gasteiger charge is -2.36. The maximum atomic E-state index is 10.7. The van der Waals surface area contributed by atoms with Crippen molar-refractivity contribution in [1.82, 2.24) is 10.3 Å². The Kier molecular flexibility index (Phi) is 4.42. The topological polar surface area (TPSA) is 57.6 Å². The van der Waals surface area contributed by atoms with E-state index in [1.54, 1.807) is 0 Å². The molecule has 1 aromatic rings. The molecule has 5 nitrogen and oxygen atoms in total. The number of rotatable bonds is 6. The molecule has 3 rings (SSSR count). The number of ether oxygens (including phenoxy) is 1. The number of pyridine rings is 1. The highest BCUT2D eigenvalue weighted by Gasteiger charge is 2.32. The Morgan fingerprint density at radius 2 is 2.19 bits per heavy atom. The summed E-state index contributed by atoms with van der Waals surface area (Å²) in [6.07, 6.45) is 5.77. The molecule has 0 atom stereocenters. The lowest BCUT2D eigenvalue weighted by Crippen LogP contribution is -2.46. The molecule has 116 valence electrons. The van der Waals surface area contributed by atoms with E-state index in [9.17, 15) is 5.11 Å². The Labute approximate surface area is 126 Å². The minimum Gasteiger partial charge on any atom is -0.388 e. The van der Waals surface area contributed by atoms with Gasteiger partial charge in [-0.1, -0.05) is 6.07 Å². The van der Waals surface area contributed by atoms with E-state index in [0.717, 1.165) is 12.4 Å². The molecule has 21 heavy (non-hydrogen) atoms. The summed E-state index contributed by atoms with van der Waals surface area (Å²) in [5.74, 6) is 0.963. The zero-order valence-electron chi connectivity index (χ0n) is 12.7. The van der Waals surface area contributed by atoms with Crippen LogP contribution in [0.5, 0.6) is 0 Å². The molecular formula is C16H25N3O2. The van der Waals surface area contributed by atoms with E-state index in [2.05, 4.69) is 21.3 Å². The molecule has 1 aliphatic heterocycles. The summed E-state index contributed by atoms with van der Waals surface area (Å²) in [6, 6.07) is 4.77. The van der Waals surface area contributed by atoms with E-state index in [-0.39, 0.29) is 0 Å². The van der Waals surface area contributed by atoms with Crippen LogP contribution in [0, 0.1) is 0 Å². The van der Waals surface area contributed by atoms with Gasteiger partial charge in [0.05, 0.1) is 5.60 Å². The van der Waals surface area contributed by atoms with Crippen molar-refractivity contribution in [3.05, 3.63) is 23.9 Å². The molecule has 2 aliphatic rings. The Morgan fingerprint density at radius 3 is 2.90 bits per heavy atom. The smallest absolute Gasteiger partial charge is 0.132 e. The summed E-state index contributed by atoms with van der Waals surface area (Å²) in [6.45, 7) is 2.73. The summed E-state index contributed by atoms with van der Waals surface area (Å²) >= 11 is 0.